The second-order valence-corrected chi connectivity index (χ2v) is 8.34. The lowest BCUT2D eigenvalue weighted by molar-refractivity contribution is 0.0691. The average molecular weight is 431 g/mol. The van der Waals surface area contributed by atoms with E-state index in [1.54, 1.807) is 12.4 Å². The molecule has 9 heteroatoms. The number of nitrogens with zero attached hydrogens (tertiary/aromatic N) is 5. The Balaban J connectivity index is 1.33. The van der Waals surface area contributed by atoms with Crippen molar-refractivity contribution in [3.8, 4) is 28.5 Å². The van der Waals surface area contributed by atoms with E-state index in [1.807, 2.05) is 24.4 Å². The van der Waals surface area contributed by atoms with E-state index in [4.69, 9.17) is 9.72 Å². The summed E-state index contributed by atoms with van der Waals surface area (Å²) in [5.74, 6) is 0.838. The van der Waals surface area contributed by atoms with E-state index in [1.165, 1.54) is 19.0 Å². The zero-order valence-corrected chi connectivity index (χ0v) is 17.3. The number of piperidine rings is 1. The molecule has 3 aromatic heterocycles. The highest BCUT2D eigenvalue weighted by Gasteiger charge is 2.27. The molecular formula is C23H22FN7O. The quantitative estimate of drug-likeness (QED) is 0.499. The van der Waals surface area contributed by atoms with Gasteiger partial charge in [0.1, 0.15) is 23.7 Å². The molecular weight excluding hydrogens is 409 g/mol. The van der Waals surface area contributed by atoms with E-state index in [9.17, 15) is 4.39 Å². The van der Waals surface area contributed by atoms with Crippen LogP contribution >= 0.6 is 0 Å². The summed E-state index contributed by atoms with van der Waals surface area (Å²) in [5.41, 5.74) is 4.96. The first-order valence-corrected chi connectivity index (χ1v) is 10.9. The summed E-state index contributed by atoms with van der Waals surface area (Å²) in [7, 11) is 0. The molecule has 1 saturated heterocycles. The lowest BCUT2D eigenvalue weighted by Crippen LogP contribution is -2.44. The molecule has 32 heavy (non-hydrogen) atoms. The Morgan fingerprint density at radius 2 is 1.84 bits per heavy atom. The topological polar surface area (TPSA) is 102 Å². The van der Waals surface area contributed by atoms with Gasteiger partial charge in [0.2, 0.25) is 5.88 Å². The predicted octanol–water partition coefficient (Wildman–Crippen LogP) is 3.43. The Morgan fingerprint density at radius 1 is 0.969 bits per heavy atom. The Kier molecular flexibility index (Phi) is 4.75. The van der Waals surface area contributed by atoms with Gasteiger partial charge in [0.05, 0.1) is 35.5 Å². The smallest absolute Gasteiger partial charge is 0.233 e. The Labute approximate surface area is 183 Å². The third-order valence-corrected chi connectivity index (χ3v) is 5.98. The van der Waals surface area contributed by atoms with Crippen LogP contribution in [0.4, 0.5) is 4.39 Å². The second kappa shape index (κ2) is 7.90. The monoisotopic (exact) mass is 431 g/mol. The summed E-state index contributed by atoms with van der Waals surface area (Å²) in [6.45, 7) is 1.01. The first-order valence-electron chi connectivity index (χ1n) is 10.9. The first kappa shape index (κ1) is 19.2. The normalized spacial score (nSPS) is 21.0. The van der Waals surface area contributed by atoms with Gasteiger partial charge in [0.15, 0.2) is 0 Å². The lowest BCUT2D eigenvalue weighted by atomic mass is 10.1. The summed E-state index contributed by atoms with van der Waals surface area (Å²) in [4.78, 5) is 18.0. The van der Waals surface area contributed by atoms with Crippen molar-refractivity contribution in [2.75, 3.05) is 13.1 Å². The SMILES string of the molecule is F[C@H]1CNCC[C@H]1Oc1cncc(-c2n[nH]c3ccc(-c4cncc(C5CC5)n4)cc23)n1. The van der Waals surface area contributed by atoms with Crippen LogP contribution in [-0.4, -0.2) is 55.5 Å². The number of hydrogen-bond acceptors (Lipinski definition) is 7. The van der Waals surface area contributed by atoms with Gasteiger partial charge in [-0.3, -0.25) is 15.1 Å². The Hall–Kier alpha value is -3.46. The highest BCUT2D eigenvalue weighted by Crippen LogP contribution is 2.39. The van der Waals surface area contributed by atoms with E-state index < -0.39 is 12.3 Å². The number of fused-ring (bicyclic) bond motifs is 1. The molecule has 1 aromatic carbocycles. The van der Waals surface area contributed by atoms with Gasteiger partial charge in [-0.2, -0.15) is 5.10 Å². The van der Waals surface area contributed by atoms with Crippen LogP contribution in [0.5, 0.6) is 5.88 Å². The molecule has 2 fully saturated rings. The minimum absolute atomic E-state index is 0.287. The maximum absolute atomic E-state index is 14.1. The summed E-state index contributed by atoms with van der Waals surface area (Å²) in [5, 5.41) is 11.4. The number of aromatic nitrogens is 6. The summed E-state index contributed by atoms with van der Waals surface area (Å²) in [6.07, 6.45) is 8.14. The maximum Gasteiger partial charge on any atom is 0.233 e. The molecule has 0 unspecified atom stereocenters. The van der Waals surface area contributed by atoms with Crippen LogP contribution < -0.4 is 10.1 Å². The van der Waals surface area contributed by atoms with Gasteiger partial charge in [-0.1, -0.05) is 6.07 Å². The number of aromatic amines is 1. The minimum Gasteiger partial charge on any atom is -0.470 e. The summed E-state index contributed by atoms with van der Waals surface area (Å²) >= 11 is 0. The largest absolute Gasteiger partial charge is 0.470 e. The third kappa shape index (κ3) is 3.69. The molecule has 0 amide bonds. The van der Waals surface area contributed by atoms with Crippen LogP contribution in [0.1, 0.15) is 30.9 Å². The zero-order chi connectivity index (χ0) is 21.5. The maximum atomic E-state index is 14.1. The number of alkyl halides is 1. The van der Waals surface area contributed by atoms with Crippen molar-refractivity contribution in [1.29, 1.82) is 0 Å². The fourth-order valence-electron chi connectivity index (χ4n) is 4.07. The van der Waals surface area contributed by atoms with Crippen molar-refractivity contribution >= 4 is 10.9 Å². The molecule has 0 bridgehead atoms. The van der Waals surface area contributed by atoms with Crippen LogP contribution in [0, 0.1) is 0 Å². The van der Waals surface area contributed by atoms with Gasteiger partial charge >= 0.3 is 0 Å². The fraction of sp³-hybridized carbons (Fsp3) is 0.348. The van der Waals surface area contributed by atoms with E-state index in [0.29, 0.717) is 29.6 Å². The van der Waals surface area contributed by atoms with Gasteiger partial charge in [-0.05, 0) is 37.9 Å². The highest BCUT2D eigenvalue weighted by molar-refractivity contribution is 5.94. The molecule has 6 rings (SSSR count). The molecule has 4 heterocycles. The van der Waals surface area contributed by atoms with Crippen LogP contribution in [0.3, 0.4) is 0 Å². The molecule has 1 aliphatic carbocycles. The minimum atomic E-state index is -1.07. The van der Waals surface area contributed by atoms with E-state index in [-0.39, 0.29) is 6.54 Å². The summed E-state index contributed by atoms with van der Waals surface area (Å²) < 4.78 is 19.9. The number of halogens is 1. The standard InChI is InChI=1S/C23H22FN7O/c24-16-8-25-6-5-21(16)32-22-12-27-11-20(29-22)23-15-7-14(3-4-17(15)30-31-23)19-10-26-9-18(28-19)13-1-2-13/h3-4,7,9-13,16,21,25H,1-2,5-6,8H2,(H,30,31)/t16-,21+/m0/s1. The van der Waals surface area contributed by atoms with Crippen molar-refractivity contribution in [2.24, 2.45) is 0 Å². The Bertz CT molecular complexity index is 1270. The van der Waals surface area contributed by atoms with Crippen molar-refractivity contribution < 1.29 is 9.13 Å². The second-order valence-electron chi connectivity index (χ2n) is 8.34. The number of H-pyrrole nitrogens is 1. The number of nitrogens with one attached hydrogen (secondary N) is 2. The lowest BCUT2D eigenvalue weighted by Gasteiger charge is -2.26. The predicted molar refractivity (Wildman–Crippen MR) is 117 cm³/mol. The Morgan fingerprint density at radius 3 is 2.72 bits per heavy atom. The van der Waals surface area contributed by atoms with Gasteiger partial charge in [0.25, 0.3) is 0 Å². The fourth-order valence-corrected chi connectivity index (χ4v) is 4.07. The van der Waals surface area contributed by atoms with Crippen LogP contribution in [-0.2, 0) is 0 Å². The van der Waals surface area contributed by atoms with Crippen molar-refractivity contribution in [3.05, 3.63) is 48.7 Å². The molecule has 2 N–H and O–H groups in total. The number of ether oxygens (including phenoxy) is 1. The number of hydrogen-bond donors (Lipinski definition) is 2. The highest BCUT2D eigenvalue weighted by atomic mass is 19.1. The molecule has 8 nitrogen and oxygen atoms in total. The number of benzene rings is 1. The van der Waals surface area contributed by atoms with E-state index >= 15 is 0 Å². The molecule has 4 aromatic rings. The number of rotatable bonds is 5. The molecule has 0 radical (unpaired) electrons. The molecule has 1 aliphatic heterocycles. The molecule has 2 atom stereocenters. The van der Waals surface area contributed by atoms with Crippen LogP contribution in [0.15, 0.2) is 43.0 Å². The zero-order valence-electron chi connectivity index (χ0n) is 17.3. The third-order valence-electron chi connectivity index (χ3n) is 5.98. The molecule has 2 aliphatic rings. The first-order chi connectivity index (χ1) is 15.7. The van der Waals surface area contributed by atoms with Gasteiger partial charge in [-0.15, -0.1) is 0 Å². The summed E-state index contributed by atoms with van der Waals surface area (Å²) in [6, 6.07) is 6.02. The molecule has 1 saturated carbocycles. The van der Waals surface area contributed by atoms with Crippen LogP contribution in [0.25, 0.3) is 33.5 Å². The van der Waals surface area contributed by atoms with E-state index in [0.717, 1.165) is 34.4 Å². The molecule has 162 valence electrons. The van der Waals surface area contributed by atoms with Crippen molar-refractivity contribution in [3.63, 3.8) is 0 Å². The van der Waals surface area contributed by atoms with Gasteiger partial charge in [-0.25, -0.2) is 14.4 Å². The van der Waals surface area contributed by atoms with Crippen molar-refractivity contribution in [2.45, 2.75) is 37.5 Å². The molecule has 0 spiro atoms. The van der Waals surface area contributed by atoms with E-state index in [2.05, 4.69) is 30.5 Å². The van der Waals surface area contributed by atoms with Crippen molar-refractivity contribution in [1.82, 2.24) is 35.5 Å². The van der Waals surface area contributed by atoms with Gasteiger partial charge in [0, 0.05) is 29.6 Å². The van der Waals surface area contributed by atoms with Gasteiger partial charge < -0.3 is 10.1 Å². The average Bonchev–Trinajstić information content (AvgIpc) is 3.60. The van der Waals surface area contributed by atoms with Crippen LogP contribution in [0.2, 0.25) is 0 Å².